The number of hydrogen-bond acceptors (Lipinski definition) is 9. The van der Waals surface area contributed by atoms with Gasteiger partial charge in [-0.1, -0.05) is 31.6 Å². The number of hydrogen-bond donors (Lipinski definition) is 1. The molecule has 0 aliphatic heterocycles. The first-order valence-electron chi connectivity index (χ1n) is 15.0. The van der Waals surface area contributed by atoms with E-state index in [0.29, 0.717) is 23.6 Å². The molecule has 0 spiro atoms. The van der Waals surface area contributed by atoms with Gasteiger partial charge in [-0.3, -0.25) is 13.8 Å². The number of carbonyl (C=O) groups excluding carboxylic acids is 3. The number of rotatable bonds is 6. The van der Waals surface area contributed by atoms with Gasteiger partial charge in [-0.2, -0.15) is 0 Å². The van der Waals surface area contributed by atoms with Gasteiger partial charge in [0.1, 0.15) is 0 Å². The number of carbonyl (C=O) groups is 3. The van der Waals surface area contributed by atoms with E-state index < -0.39 is 39.7 Å². The standard InChI is InChI=1S/C33H35NO7S2/c1-31-13-11-20(35)16-19(31)9-10-21-22-12-14-33(32(22,2)17-24(36)28(21)31,41-29(38)25-7-5-15-40-25)27(37)18-43(39)30-34-23-6-3-4-8-26(23)42-30/h3-8,15-16,21-22,24,28,36H,9-14,17-18H2,1-2H3/t21?,22?,24-,28?,31?,32?,33-,43?/m0/s1. The van der Waals surface area contributed by atoms with Crippen molar-refractivity contribution in [3.8, 4) is 0 Å². The van der Waals surface area contributed by atoms with Crippen molar-refractivity contribution in [1.82, 2.24) is 4.98 Å². The predicted octanol–water partition coefficient (Wildman–Crippen LogP) is 5.66. The Morgan fingerprint density at radius 2 is 1.95 bits per heavy atom. The highest BCUT2D eigenvalue weighted by Crippen LogP contribution is 2.68. The van der Waals surface area contributed by atoms with Gasteiger partial charge in [0.25, 0.3) is 0 Å². The van der Waals surface area contributed by atoms with E-state index in [1.165, 1.54) is 23.7 Å². The van der Waals surface area contributed by atoms with Crippen molar-refractivity contribution < 1.29 is 32.9 Å². The minimum Gasteiger partial charge on any atom is -0.457 e. The van der Waals surface area contributed by atoms with Crippen molar-refractivity contribution in [2.24, 2.45) is 28.6 Å². The van der Waals surface area contributed by atoms with Crippen molar-refractivity contribution in [3.05, 3.63) is 60.1 Å². The lowest BCUT2D eigenvalue weighted by Crippen LogP contribution is -2.63. The van der Waals surface area contributed by atoms with Crippen LogP contribution in [0, 0.1) is 28.6 Å². The summed E-state index contributed by atoms with van der Waals surface area (Å²) in [5.41, 5.74) is -0.901. The number of ether oxygens (including phenoxy) is 1. The van der Waals surface area contributed by atoms with Crippen molar-refractivity contribution in [2.45, 2.75) is 74.8 Å². The molecule has 0 saturated heterocycles. The number of ketones is 2. The Bertz CT molecular complexity index is 1640. The summed E-state index contributed by atoms with van der Waals surface area (Å²) in [6, 6.07) is 10.6. The van der Waals surface area contributed by atoms with Crippen molar-refractivity contribution in [1.29, 1.82) is 0 Å². The van der Waals surface area contributed by atoms with Crippen molar-refractivity contribution in [3.63, 3.8) is 0 Å². The maximum absolute atomic E-state index is 14.5. The quantitative estimate of drug-likeness (QED) is 0.350. The lowest BCUT2D eigenvalue weighted by Gasteiger charge is -2.60. The molecule has 7 rings (SSSR count). The number of para-hydroxylation sites is 1. The second-order valence-electron chi connectivity index (χ2n) is 13.2. The summed E-state index contributed by atoms with van der Waals surface area (Å²) in [5, 5.41) is 11.9. The molecule has 226 valence electrons. The molecule has 3 saturated carbocycles. The number of benzene rings is 1. The molecule has 43 heavy (non-hydrogen) atoms. The van der Waals surface area contributed by atoms with Crippen LogP contribution >= 0.6 is 11.3 Å². The molecule has 0 radical (unpaired) electrons. The fourth-order valence-electron chi connectivity index (χ4n) is 9.21. The molecule has 4 aliphatic carbocycles. The number of thiazole rings is 1. The maximum atomic E-state index is 14.5. The van der Waals surface area contributed by atoms with Crippen LogP contribution in [0.2, 0.25) is 0 Å². The number of aromatic nitrogens is 1. The first kappa shape index (κ1) is 28.8. The van der Waals surface area contributed by atoms with E-state index in [-0.39, 0.29) is 53.3 Å². The summed E-state index contributed by atoms with van der Waals surface area (Å²) < 4.78 is 26.4. The van der Waals surface area contributed by atoms with Gasteiger partial charge in [0.15, 0.2) is 21.5 Å². The SMILES string of the molecule is CC12CCC(=O)C=C1CCC1C2[C@@H](O)CC2(C)C1CC[C@]2(OC(=O)c1ccco1)C(=O)CS(=O)c1nc2ccccc2s1. The van der Waals surface area contributed by atoms with Gasteiger partial charge in [-0.15, -0.1) is 11.3 Å². The highest BCUT2D eigenvalue weighted by molar-refractivity contribution is 7.88. The minimum absolute atomic E-state index is 0.00106. The smallest absolute Gasteiger partial charge is 0.375 e. The Morgan fingerprint density at radius 1 is 1.14 bits per heavy atom. The maximum Gasteiger partial charge on any atom is 0.375 e. The third-order valence-electron chi connectivity index (χ3n) is 11.2. The molecule has 1 N–H and O–H groups in total. The molecule has 3 fully saturated rings. The number of Topliss-reactive ketones (excluding diaryl/α,β-unsaturated/α-hetero) is 1. The molecule has 0 bridgehead atoms. The zero-order valence-electron chi connectivity index (χ0n) is 24.2. The lowest BCUT2D eigenvalue weighted by atomic mass is 9.45. The number of aliphatic hydroxyl groups is 1. The van der Waals surface area contributed by atoms with Crippen LogP contribution in [-0.2, 0) is 25.1 Å². The Labute approximate surface area is 256 Å². The van der Waals surface area contributed by atoms with Crippen molar-refractivity contribution >= 4 is 49.9 Å². The average molecular weight is 622 g/mol. The Morgan fingerprint density at radius 3 is 2.72 bits per heavy atom. The molecule has 6 unspecified atom stereocenters. The molecule has 0 amide bonds. The molecule has 4 aliphatic rings. The van der Waals surface area contributed by atoms with Crippen LogP contribution in [0.3, 0.4) is 0 Å². The van der Waals surface area contributed by atoms with E-state index in [1.807, 2.05) is 31.2 Å². The Kier molecular flexibility index (Phi) is 6.91. The molecule has 10 heteroatoms. The van der Waals surface area contributed by atoms with Gasteiger partial charge >= 0.3 is 5.97 Å². The van der Waals surface area contributed by atoms with Gasteiger partial charge in [0, 0.05) is 11.8 Å². The van der Waals surface area contributed by atoms with Crippen LogP contribution in [0.25, 0.3) is 10.2 Å². The van der Waals surface area contributed by atoms with Crippen LogP contribution in [0.4, 0.5) is 0 Å². The highest BCUT2D eigenvalue weighted by atomic mass is 32.2. The van der Waals surface area contributed by atoms with Gasteiger partial charge in [0.05, 0.1) is 39.1 Å². The Balaban J connectivity index is 1.25. The summed E-state index contributed by atoms with van der Waals surface area (Å²) >= 11 is 1.29. The zero-order valence-corrected chi connectivity index (χ0v) is 25.9. The van der Waals surface area contributed by atoms with Gasteiger partial charge in [-0.05, 0) is 92.0 Å². The number of allylic oxidation sites excluding steroid dienone is 1. The molecule has 2 heterocycles. The molecule has 8 atom stereocenters. The van der Waals surface area contributed by atoms with E-state index in [0.717, 1.165) is 28.6 Å². The third-order valence-corrected chi connectivity index (χ3v) is 13.8. The van der Waals surface area contributed by atoms with E-state index in [9.17, 15) is 23.7 Å². The largest absolute Gasteiger partial charge is 0.457 e. The monoisotopic (exact) mass is 621 g/mol. The summed E-state index contributed by atoms with van der Waals surface area (Å²) in [5.74, 6) is -1.31. The van der Waals surface area contributed by atoms with E-state index >= 15 is 0 Å². The normalized spacial score (nSPS) is 35.9. The first-order valence-corrected chi connectivity index (χ1v) is 17.2. The number of esters is 1. The zero-order chi connectivity index (χ0) is 30.1. The summed E-state index contributed by atoms with van der Waals surface area (Å²) in [6.45, 7) is 4.15. The number of nitrogens with zero attached hydrogens (tertiary/aromatic N) is 1. The minimum atomic E-state index is -1.74. The number of fused-ring (bicyclic) bond motifs is 6. The molecular formula is C33H35NO7S2. The van der Waals surface area contributed by atoms with Crippen LogP contribution in [-0.4, -0.2) is 49.3 Å². The van der Waals surface area contributed by atoms with Crippen LogP contribution in [0.15, 0.2) is 63.1 Å². The topological polar surface area (TPSA) is 124 Å². The summed E-state index contributed by atoms with van der Waals surface area (Å²) in [7, 11) is -1.74. The molecule has 3 aromatic rings. The summed E-state index contributed by atoms with van der Waals surface area (Å²) in [4.78, 5) is 44.7. The molecule has 1 aromatic carbocycles. The second-order valence-corrected chi connectivity index (χ2v) is 15.8. The number of aliphatic hydroxyl groups excluding tert-OH is 1. The fourth-order valence-corrected chi connectivity index (χ4v) is 11.5. The molecule has 8 nitrogen and oxygen atoms in total. The van der Waals surface area contributed by atoms with Crippen LogP contribution in [0.5, 0.6) is 0 Å². The molecular weight excluding hydrogens is 586 g/mol. The van der Waals surface area contributed by atoms with E-state index in [4.69, 9.17) is 9.15 Å². The Hall–Kier alpha value is -2.95. The van der Waals surface area contributed by atoms with E-state index in [2.05, 4.69) is 11.9 Å². The van der Waals surface area contributed by atoms with Crippen molar-refractivity contribution in [2.75, 3.05) is 5.75 Å². The van der Waals surface area contributed by atoms with Crippen LogP contribution < -0.4 is 0 Å². The molecule has 2 aromatic heterocycles. The van der Waals surface area contributed by atoms with E-state index in [1.54, 1.807) is 12.1 Å². The lowest BCUT2D eigenvalue weighted by molar-refractivity contribution is -0.180. The average Bonchev–Trinajstić information content (AvgIpc) is 3.72. The highest BCUT2D eigenvalue weighted by Gasteiger charge is 2.70. The van der Waals surface area contributed by atoms with Gasteiger partial charge < -0.3 is 14.3 Å². The fraction of sp³-hybridized carbons (Fsp3) is 0.515. The number of furan rings is 1. The second kappa shape index (κ2) is 10.3. The van der Waals surface area contributed by atoms with Gasteiger partial charge in [-0.25, -0.2) is 9.78 Å². The van der Waals surface area contributed by atoms with Gasteiger partial charge in [0.2, 0.25) is 5.76 Å². The predicted molar refractivity (Wildman–Crippen MR) is 161 cm³/mol. The first-order chi connectivity index (χ1) is 20.6. The third kappa shape index (κ3) is 4.35. The summed E-state index contributed by atoms with van der Waals surface area (Å²) in [6.07, 6.45) is 6.36. The van der Waals surface area contributed by atoms with Crippen LogP contribution in [0.1, 0.15) is 69.3 Å².